The molecule has 120 valence electrons. The minimum absolute atomic E-state index is 0.316. The summed E-state index contributed by atoms with van der Waals surface area (Å²) in [6, 6.07) is 8.59. The van der Waals surface area contributed by atoms with Gasteiger partial charge in [-0.05, 0) is 36.4 Å². The normalized spacial score (nSPS) is 18.1. The number of carbonyl (C=O) groups is 3. The van der Waals surface area contributed by atoms with E-state index in [2.05, 4.69) is 15.3 Å². The van der Waals surface area contributed by atoms with Gasteiger partial charge >= 0.3 is 6.03 Å². The fraction of sp³-hybridized carbons (Fsp3) is 0.0625. The third kappa shape index (κ3) is 3.16. The van der Waals surface area contributed by atoms with Crippen LogP contribution in [0.25, 0.3) is 0 Å². The van der Waals surface area contributed by atoms with Crippen LogP contribution in [-0.4, -0.2) is 29.0 Å². The van der Waals surface area contributed by atoms with Crippen molar-refractivity contribution >= 4 is 47.0 Å². The Bertz CT molecular complexity index is 821. The molecule has 1 aromatic carbocycles. The Morgan fingerprint density at radius 2 is 1.75 bits per heavy atom. The molecule has 0 spiro atoms. The minimum atomic E-state index is -1.20. The molecule has 1 aliphatic rings. The number of rotatable bonds is 3. The van der Waals surface area contributed by atoms with Crippen LogP contribution in [0.5, 0.6) is 0 Å². The molecule has 1 N–H and O–H groups in total. The SMILES string of the molecule is O=C1NC(=O)N(c2ccc(Cl)cc2)C(=O)[C@@H]1C=Nc1ccncc1. The Morgan fingerprint density at radius 1 is 1.08 bits per heavy atom. The first-order chi connectivity index (χ1) is 11.6. The van der Waals surface area contributed by atoms with Crippen LogP contribution < -0.4 is 10.2 Å². The van der Waals surface area contributed by atoms with Crippen LogP contribution >= 0.6 is 11.6 Å². The van der Waals surface area contributed by atoms with Gasteiger partial charge in [0.15, 0.2) is 5.92 Å². The molecule has 1 saturated heterocycles. The molecule has 7 nitrogen and oxygen atoms in total. The van der Waals surface area contributed by atoms with Crippen LogP contribution in [-0.2, 0) is 9.59 Å². The highest BCUT2D eigenvalue weighted by Crippen LogP contribution is 2.22. The van der Waals surface area contributed by atoms with Crippen LogP contribution in [0.2, 0.25) is 5.02 Å². The van der Waals surface area contributed by atoms with Gasteiger partial charge in [-0.25, -0.2) is 9.69 Å². The summed E-state index contributed by atoms with van der Waals surface area (Å²) < 4.78 is 0. The quantitative estimate of drug-likeness (QED) is 0.684. The Balaban J connectivity index is 1.88. The van der Waals surface area contributed by atoms with E-state index in [4.69, 9.17) is 11.6 Å². The molecule has 2 aromatic rings. The predicted molar refractivity (Wildman–Crippen MR) is 88.4 cm³/mol. The van der Waals surface area contributed by atoms with Crippen molar-refractivity contribution in [2.24, 2.45) is 10.9 Å². The first-order valence-electron chi connectivity index (χ1n) is 6.95. The van der Waals surface area contributed by atoms with Gasteiger partial charge in [-0.3, -0.25) is 24.9 Å². The van der Waals surface area contributed by atoms with E-state index < -0.39 is 23.8 Å². The number of carbonyl (C=O) groups excluding carboxylic acids is 3. The maximum Gasteiger partial charge on any atom is 0.335 e. The molecule has 1 atom stereocenters. The highest BCUT2D eigenvalue weighted by atomic mass is 35.5. The van der Waals surface area contributed by atoms with Gasteiger partial charge in [-0.15, -0.1) is 0 Å². The number of hydrogen-bond acceptors (Lipinski definition) is 5. The number of hydrogen-bond donors (Lipinski definition) is 1. The van der Waals surface area contributed by atoms with Gasteiger partial charge in [0, 0.05) is 23.6 Å². The molecule has 0 aliphatic carbocycles. The van der Waals surface area contributed by atoms with Crippen molar-refractivity contribution in [3.05, 3.63) is 53.8 Å². The molecular formula is C16H11ClN4O3. The van der Waals surface area contributed by atoms with Gasteiger partial charge in [0.05, 0.1) is 11.4 Å². The van der Waals surface area contributed by atoms with Gasteiger partial charge in [0.2, 0.25) is 5.91 Å². The molecule has 2 heterocycles. The molecule has 0 bridgehead atoms. The van der Waals surface area contributed by atoms with E-state index in [0.29, 0.717) is 16.4 Å². The first kappa shape index (κ1) is 15.8. The lowest BCUT2D eigenvalue weighted by molar-refractivity contribution is -0.131. The van der Waals surface area contributed by atoms with Crippen molar-refractivity contribution in [2.45, 2.75) is 0 Å². The summed E-state index contributed by atoms with van der Waals surface area (Å²) in [5.41, 5.74) is 0.859. The highest BCUT2D eigenvalue weighted by molar-refractivity contribution is 6.33. The third-order valence-corrected chi connectivity index (χ3v) is 3.57. The molecule has 8 heteroatoms. The number of imide groups is 2. The van der Waals surface area contributed by atoms with Crippen molar-refractivity contribution in [3.63, 3.8) is 0 Å². The van der Waals surface area contributed by atoms with Gasteiger partial charge in [-0.2, -0.15) is 0 Å². The van der Waals surface area contributed by atoms with E-state index in [1.54, 1.807) is 36.7 Å². The van der Waals surface area contributed by atoms with Gasteiger partial charge in [0.1, 0.15) is 0 Å². The number of barbiturate groups is 1. The van der Waals surface area contributed by atoms with Crippen LogP contribution in [0.4, 0.5) is 16.2 Å². The lowest BCUT2D eigenvalue weighted by Gasteiger charge is -2.28. The summed E-state index contributed by atoms with van der Waals surface area (Å²) in [4.78, 5) is 45.4. The van der Waals surface area contributed by atoms with Crippen molar-refractivity contribution in [1.29, 1.82) is 0 Å². The van der Waals surface area contributed by atoms with Crippen LogP contribution in [0.1, 0.15) is 0 Å². The smallest absolute Gasteiger partial charge is 0.276 e. The average molecular weight is 343 g/mol. The second kappa shape index (κ2) is 6.59. The van der Waals surface area contributed by atoms with Gasteiger partial charge < -0.3 is 0 Å². The van der Waals surface area contributed by atoms with E-state index in [1.807, 2.05) is 0 Å². The number of aliphatic imine (C=N–C) groups is 1. The number of benzene rings is 1. The fourth-order valence-electron chi connectivity index (χ4n) is 2.15. The second-order valence-electron chi connectivity index (χ2n) is 4.91. The third-order valence-electron chi connectivity index (χ3n) is 3.32. The number of halogens is 1. The molecule has 1 aliphatic heterocycles. The molecule has 0 unspecified atom stereocenters. The largest absolute Gasteiger partial charge is 0.335 e. The number of aromatic nitrogens is 1. The number of nitrogens with zero attached hydrogens (tertiary/aromatic N) is 3. The summed E-state index contributed by atoms with van der Waals surface area (Å²) in [5.74, 6) is -2.59. The van der Waals surface area contributed by atoms with E-state index in [1.165, 1.54) is 18.3 Å². The minimum Gasteiger partial charge on any atom is -0.276 e. The van der Waals surface area contributed by atoms with Gasteiger partial charge in [-0.1, -0.05) is 11.6 Å². The lowest BCUT2D eigenvalue weighted by Crippen LogP contribution is -2.58. The number of nitrogens with one attached hydrogen (secondary N) is 1. The molecule has 1 aromatic heterocycles. The standard InChI is InChI=1S/C16H11ClN4O3/c17-10-1-3-12(4-2-10)21-15(23)13(14(22)20-16(21)24)9-19-11-5-7-18-8-6-11/h1-9,13H,(H,20,22,24)/t13-/m1/s1. The molecule has 0 saturated carbocycles. The van der Waals surface area contributed by atoms with Crippen molar-refractivity contribution in [1.82, 2.24) is 10.3 Å². The van der Waals surface area contributed by atoms with Gasteiger partial charge in [0.25, 0.3) is 5.91 Å². The number of anilines is 1. The van der Waals surface area contributed by atoms with Crippen molar-refractivity contribution in [2.75, 3.05) is 4.90 Å². The van der Waals surface area contributed by atoms with Crippen LogP contribution in [0.3, 0.4) is 0 Å². The van der Waals surface area contributed by atoms with Crippen molar-refractivity contribution in [3.8, 4) is 0 Å². The molecule has 4 amide bonds. The predicted octanol–water partition coefficient (Wildman–Crippen LogP) is 2.34. The monoisotopic (exact) mass is 342 g/mol. The maximum atomic E-state index is 12.6. The van der Waals surface area contributed by atoms with E-state index in [9.17, 15) is 14.4 Å². The Hall–Kier alpha value is -3.06. The molecule has 24 heavy (non-hydrogen) atoms. The molecule has 3 rings (SSSR count). The number of amides is 4. The number of pyridine rings is 1. The molecule has 1 fully saturated rings. The number of urea groups is 1. The zero-order valence-corrected chi connectivity index (χ0v) is 13.0. The lowest BCUT2D eigenvalue weighted by atomic mass is 10.1. The zero-order valence-electron chi connectivity index (χ0n) is 12.2. The highest BCUT2D eigenvalue weighted by Gasteiger charge is 2.40. The first-order valence-corrected chi connectivity index (χ1v) is 7.32. The topological polar surface area (TPSA) is 91.7 Å². The zero-order chi connectivity index (χ0) is 17.1. The second-order valence-corrected chi connectivity index (χ2v) is 5.34. The van der Waals surface area contributed by atoms with Crippen LogP contribution in [0, 0.1) is 5.92 Å². The van der Waals surface area contributed by atoms with E-state index >= 15 is 0 Å². The van der Waals surface area contributed by atoms with Crippen molar-refractivity contribution < 1.29 is 14.4 Å². The summed E-state index contributed by atoms with van der Waals surface area (Å²) in [5, 5.41) is 2.62. The summed E-state index contributed by atoms with van der Waals surface area (Å²) in [6.45, 7) is 0. The fourth-order valence-corrected chi connectivity index (χ4v) is 2.27. The van der Waals surface area contributed by atoms with E-state index in [-0.39, 0.29) is 0 Å². The summed E-state index contributed by atoms with van der Waals surface area (Å²) in [6.07, 6.45) is 4.29. The van der Waals surface area contributed by atoms with E-state index in [0.717, 1.165) is 4.90 Å². The summed E-state index contributed by atoms with van der Waals surface area (Å²) in [7, 11) is 0. The summed E-state index contributed by atoms with van der Waals surface area (Å²) >= 11 is 5.81. The Labute approximate surface area is 142 Å². The Morgan fingerprint density at radius 3 is 2.42 bits per heavy atom. The Kier molecular flexibility index (Phi) is 4.35. The van der Waals surface area contributed by atoms with Crippen LogP contribution in [0.15, 0.2) is 53.8 Å². The average Bonchev–Trinajstić information content (AvgIpc) is 2.57. The molecular weight excluding hydrogens is 332 g/mol. The molecule has 0 radical (unpaired) electrons. The maximum absolute atomic E-state index is 12.6.